The Kier molecular flexibility index (Phi) is 3.91. The normalized spacial score (nSPS) is 23.4. The topological polar surface area (TPSA) is 74.3 Å². The van der Waals surface area contributed by atoms with Gasteiger partial charge in [-0.15, -0.1) is 0 Å². The average Bonchev–Trinajstić information content (AvgIpc) is 3.36. The molecule has 7 heteroatoms. The molecule has 1 fully saturated rings. The predicted octanol–water partition coefficient (Wildman–Crippen LogP) is 2.84. The van der Waals surface area contributed by atoms with E-state index in [1.54, 1.807) is 6.20 Å². The molecule has 4 aliphatic rings. The van der Waals surface area contributed by atoms with Gasteiger partial charge in [0, 0.05) is 24.3 Å². The van der Waals surface area contributed by atoms with Gasteiger partial charge in [-0.25, -0.2) is 0 Å². The Hall–Kier alpha value is -3.22. The first-order valence-electron chi connectivity index (χ1n) is 10.6. The fourth-order valence-corrected chi connectivity index (χ4v) is 4.79. The molecule has 30 heavy (non-hydrogen) atoms. The summed E-state index contributed by atoms with van der Waals surface area (Å²) in [6, 6.07) is 8.37. The molecule has 4 heterocycles. The lowest BCUT2D eigenvalue weighted by Crippen LogP contribution is -2.36. The number of rotatable bonds is 2. The summed E-state index contributed by atoms with van der Waals surface area (Å²) in [5.74, 6) is 2.23. The van der Waals surface area contributed by atoms with Crippen LogP contribution in [0.4, 0.5) is 0 Å². The molecular formula is C23H23N5O2. The van der Waals surface area contributed by atoms with Gasteiger partial charge < -0.3 is 14.3 Å². The van der Waals surface area contributed by atoms with Gasteiger partial charge in [-0.1, -0.05) is 23.4 Å². The molecule has 0 spiro atoms. The largest absolute Gasteiger partial charge is 0.355 e. The van der Waals surface area contributed by atoms with Crippen LogP contribution in [0.15, 0.2) is 51.0 Å². The Labute approximate surface area is 174 Å². The van der Waals surface area contributed by atoms with Crippen LogP contribution in [-0.2, 0) is 11.2 Å². The third-order valence-corrected chi connectivity index (χ3v) is 6.46. The second-order valence-electron chi connectivity index (χ2n) is 8.36. The highest BCUT2D eigenvalue weighted by atomic mass is 16.5. The van der Waals surface area contributed by atoms with Gasteiger partial charge in [0.25, 0.3) is 0 Å². The van der Waals surface area contributed by atoms with E-state index in [2.05, 4.69) is 39.3 Å². The predicted molar refractivity (Wildman–Crippen MR) is 113 cm³/mol. The summed E-state index contributed by atoms with van der Waals surface area (Å²) in [7, 11) is 0. The maximum absolute atomic E-state index is 12.9. The number of nitrogens with zero attached hydrogens (tertiary/aromatic N) is 5. The minimum Gasteiger partial charge on any atom is -0.355 e. The number of hydrogen-bond donors (Lipinski definition) is 0. The lowest BCUT2D eigenvalue weighted by Gasteiger charge is -2.32. The molecule has 1 unspecified atom stereocenters. The first-order chi connectivity index (χ1) is 14.7. The van der Waals surface area contributed by atoms with Crippen molar-refractivity contribution >= 4 is 23.2 Å². The maximum Gasteiger partial charge on any atom is 0.248 e. The second kappa shape index (κ2) is 6.65. The van der Waals surface area contributed by atoms with Crippen molar-refractivity contribution in [2.75, 3.05) is 19.6 Å². The molecule has 6 rings (SSSR count). The van der Waals surface area contributed by atoms with Gasteiger partial charge >= 0.3 is 0 Å². The molecule has 7 nitrogen and oxygen atoms in total. The van der Waals surface area contributed by atoms with Crippen molar-refractivity contribution in [3.05, 3.63) is 59.0 Å². The van der Waals surface area contributed by atoms with E-state index in [1.165, 1.54) is 29.5 Å². The van der Waals surface area contributed by atoms with Crippen molar-refractivity contribution in [2.45, 2.75) is 38.3 Å². The van der Waals surface area contributed by atoms with Crippen LogP contribution in [0.25, 0.3) is 5.70 Å². The Morgan fingerprint density at radius 3 is 2.90 bits per heavy atom. The lowest BCUT2D eigenvalue weighted by molar-refractivity contribution is -0.126. The molecule has 1 saturated carbocycles. The van der Waals surface area contributed by atoms with Crippen molar-refractivity contribution in [1.82, 2.24) is 15.0 Å². The quantitative estimate of drug-likeness (QED) is 0.776. The molecule has 3 aliphatic heterocycles. The minimum absolute atomic E-state index is 0.0574. The third kappa shape index (κ3) is 2.80. The lowest BCUT2D eigenvalue weighted by atomic mass is 9.89. The monoisotopic (exact) mass is 401 g/mol. The Morgan fingerprint density at radius 1 is 1.20 bits per heavy atom. The zero-order valence-electron chi connectivity index (χ0n) is 16.9. The highest BCUT2D eigenvalue weighted by molar-refractivity contribution is 6.09. The number of hydrogen-bond acceptors (Lipinski definition) is 6. The van der Waals surface area contributed by atoms with E-state index in [1.807, 2.05) is 17.9 Å². The van der Waals surface area contributed by atoms with Crippen LogP contribution in [0, 0.1) is 0 Å². The summed E-state index contributed by atoms with van der Waals surface area (Å²) in [6.45, 7) is 3.50. The van der Waals surface area contributed by atoms with Gasteiger partial charge in [0.15, 0.2) is 5.76 Å². The van der Waals surface area contributed by atoms with Gasteiger partial charge in [-0.05, 0) is 43.2 Å². The van der Waals surface area contributed by atoms with Crippen molar-refractivity contribution in [1.29, 1.82) is 0 Å². The molecule has 0 saturated heterocycles. The summed E-state index contributed by atoms with van der Waals surface area (Å²) in [6.07, 6.45) is 7.09. The third-order valence-electron chi connectivity index (χ3n) is 6.46. The molecule has 0 radical (unpaired) electrons. The molecular weight excluding hydrogens is 378 g/mol. The van der Waals surface area contributed by atoms with Gasteiger partial charge in [0.2, 0.25) is 5.91 Å². The molecule has 2 aromatic rings. The Bertz CT molecular complexity index is 1110. The molecule has 1 aromatic heterocycles. The fourth-order valence-electron chi connectivity index (χ4n) is 4.79. The molecule has 1 aliphatic carbocycles. The van der Waals surface area contributed by atoms with Crippen LogP contribution in [0.1, 0.15) is 48.1 Å². The average molecular weight is 401 g/mol. The summed E-state index contributed by atoms with van der Waals surface area (Å²) in [4.78, 5) is 26.3. The van der Waals surface area contributed by atoms with Crippen molar-refractivity contribution < 1.29 is 9.32 Å². The molecule has 1 atom stereocenters. The summed E-state index contributed by atoms with van der Waals surface area (Å²) < 4.78 is 5.29. The molecule has 1 aromatic carbocycles. The van der Waals surface area contributed by atoms with Crippen LogP contribution in [0.5, 0.6) is 0 Å². The first kappa shape index (κ1) is 17.6. The first-order valence-corrected chi connectivity index (χ1v) is 10.6. The number of carbonyl (C=O) groups excluding carboxylic acids is 1. The smallest absolute Gasteiger partial charge is 0.248 e. The number of amidine groups is 1. The summed E-state index contributed by atoms with van der Waals surface area (Å²) in [5, 5.41) is 3.79. The number of carbonyl (C=O) groups is 1. The molecule has 0 bridgehead atoms. The number of amides is 1. The molecule has 0 N–H and O–H groups in total. The number of aromatic nitrogens is 1. The van der Waals surface area contributed by atoms with Crippen LogP contribution < -0.4 is 0 Å². The van der Waals surface area contributed by atoms with E-state index in [9.17, 15) is 4.79 Å². The zero-order chi connectivity index (χ0) is 20.2. The SMILES string of the molecule is CC1N=C(c2ccno2)CN1C1=NCC(=O)N2CCc3c(cccc3C3CC3)C2=C1. The highest BCUT2D eigenvalue weighted by Crippen LogP contribution is 2.44. The van der Waals surface area contributed by atoms with Crippen LogP contribution >= 0.6 is 0 Å². The van der Waals surface area contributed by atoms with Gasteiger partial charge in [0.05, 0.1) is 18.4 Å². The van der Waals surface area contributed by atoms with E-state index >= 15 is 0 Å². The van der Waals surface area contributed by atoms with E-state index in [0.717, 1.165) is 30.2 Å². The standard InChI is InChI=1S/C23H23N5O2/c1-14-26-19(21-7-9-25-30-21)13-28(14)22-11-20-18-4-2-3-16(15-5-6-15)17(18)8-10-27(20)23(29)12-24-22/h2-4,7,9,11,14-15H,5-6,8,10,12-13H2,1H3. The number of benzene rings is 1. The highest BCUT2D eigenvalue weighted by Gasteiger charge is 2.35. The van der Waals surface area contributed by atoms with Crippen molar-refractivity contribution in [3.8, 4) is 0 Å². The zero-order valence-corrected chi connectivity index (χ0v) is 16.9. The van der Waals surface area contributed by atoms with E-state index in [-0.39, 0.29) is 18.6 Å². The summed E-state index contributed by atoms with van der Waals surface area (Å²) >= 11 is 0. The molecule has 152 valence electrons. The van der Waals surface area contributed by atoms with Gasteiger partial charge in [0.1, 0.15) is 24.3 Å². The van der Waals surface area contributed by atoms with Crippen molar-refractivity contribution in [2.24, 2.45) is 9.98 Å². The second-order valence-corrected chi connectivity index (χ2v) is 8.36. The van der Waals surface area contributed by atoms with Crippen LogP contribution in [-0.4, -0.2) is 58.2 Å². The minimum atomic E-state index is -0.0804. The van der Waals surface area contributed by atoms with Gasteiger partial charge in [-0.3, -0.25) is 14.8 Å². The van der Waals surface area contributed by atoms with E-state index in [0.29, 0.717) is 18.2 Å². The van der Waals surface area contributed by atoms with E-state index < -0.39 is 0 Å². The maximum atomic E-state index is 12.9. The van der Waals surface area contributed by atoms with Crippen molar-refractivity contribution in [3.63, 3.8) is 0 Å². The van der Waals surface area contributed by atoms with Gasteiger partial charge in [-0.2, -0.15) is 0 Å². The van der Waals surface area contributed by atoms with Crippen LogP contribution in [0.2, 0.25) is 0 Å². The number of aliphatic imine (C=N–C) groups is 2. The van der Waals surface area contributed by atoms with Crippen LogP contribution in [0.3, 0.4) is 0 Å². The molecule has 1 amide bonds. The Balaban J connectivity index is 1.38. The Morgan fingerprint density at radius 2 is 2.10 bits per heavy atom. The summed E-state index contributed by atoms with van der Waals surface area (Å²) in [5.41, 5.74) is 5.88. The fraction of sp³-hybridized carbons (Fsp3) is 0.391. The van der Waals surface area contributed by atoms with E-state index in [4.69, 9.17) is 9.52 Å². The number of fused-ring (bicyclic) bond motifs is 3.